The molecule has 0 bridgehead atoms. The lowest BCUT2D eigenvalue weighted by molar-refractivity contribution is 0.0526. The summed E-state index contributed by atoms with van der Waals surface area (Å²) in [6.07, 6.45) is -1.79. The van der Waals surface area contributed by atoms with E-state index in [1.807, 2.05) is 0 Å². The minimum atomic E-state index is -2.76. The molecule has 1 aromatic rings. The van der Waals surface area contributed by atoms with Gasteiger partial charge in [0.15, 0.2) is 0 Å². The van der Waals surface area contributed by atoms with Crippen molar-refractivity contribution in [3.8, 4) is 0 Å². The first-order valence-corrected chi connectivity index (χ1v) is 4.69. The highest BCUT2D eigenvalue weighted by Crippen LogP contribution is 2.28. The van der Waals surface area contributed by atoms with E-state index in [0.717, 1.165) is 6.20 Å². The number of pyridine rings is 1. The number of aromatic nitrogens is 1. The van der Waals surface area contributed by atoms with Gasteiger partial charge in [-0.1, -0.05) is 0 Å². The lowest BCUT2D eigenvalue weighted by Gasteiger charge is -2.11. The second kappa shape index (κ2) is 4.87. The van der Waals surface area contributed by atoms with Crippen LogP contribution in [0.5, 0.6) is 0 Å². The van der Waals surface area contributed by atoms with Gasteiger partial charge in [-0.3, -0.25) is 4.98 Å². The normalized spacial score (nSPS) is 10.6. The van der Waals surface area contributed by atoms with Crippen molar-refractivity contribution in [1.82, 2.24) is 4.98 Å². The third kappa shape index (κ3) is 2.26. The molecule has 0 radical (unpaired) electrons. The van der Waals surface area contributed by atoms with E-state index in [9.17, 15) is 13.6 Å². The zero-order valence-electron chi connectivity index (χ0n) is 8.96. The van der Waals surface area contributed by atoms with Crippen LogP contribution in [0, 0.1) is 6.92 Å². The van der Waals surface area contributed by atoms with Gasteiger partial charge in [0, 0.05) is 6.20 Å². The van der Waals surface area contributed by atoms with Crippen LogP contribution in [0.3, 0.4) is 0 Å². The largest absolute Gasteiger partial charge is 0.462 e. The van der Waals surface area contributed by atoms with Gasteiger partial charge in [0.25, 0.3) is 6.43 Å². The lowest BCUT2D eigenvalue weighted by atomic mass is 10.1. The predicted octanol–water partition coefficient (Wildman–Crippen LogP) is 2.09. The fourth-order valence-corrected chi connectivity index (χ4v) is 1.27. The molecule has 1 aromatic heterocycles. The van der Waals surface area contributed by atoms with E-state index >= 15 is 0 Å². The second-order valence-corrected chi connectivity index (χ2v) is 3.11. The van der Waals surface area contributed by atoms with Crippen LogP contribution in [0.1, 0.15) is 35.0 Å². The molecule has 0 saturated carbocycles. The molecule has 0 aliphatic rings. The van der Waals surface area contributed by atoms with Gasteiger partial charge >= 0.3 is 5.97 Å². The molecule has 6 heteroatoms. The van der Waals surface area contributed by atoms with Gasteiger partial charge in [0.05, 0.1) is 23.6 Å². The third-order valence-corrected chi connectivity index (χ3v) is 2.05. The van der Waals surface area contributed by atoms with E-state index in [-0.39, 0.29) is 23.6 Å². The summed E-state index contributed by atoms with van der Waals surface area (Å²) in [5.74, 6) is -0.729. The number of carbonyl (C=O) groups is 1. The molecule has 0 atom stereocenters. The molecule has 0 aromatic carbocycles. The highest BCUT2D eigenvalue weighted by molar-refractivity contribution is 5.96. The summed E-state index contributed by atoms with van der Waals surface area (Å²) >= 11 is 0. The molecule has 0 fully saturated rings. The number of hydrogen-bond donors (Lipinski definition) is 1. The minimum Gasteiger partial charge on any atom is -0.462 e. The van der Waals surface area contributed by atoms with Crippen LogP contribution in [0.25, 0.3) is 0 Å². The fourth-order valence-electron chi connectivity index (χ4n) is 1.27. The van der Waals surface area contributed by atoms with Crippen molar-refractivity contribution >= 4 is 11.7 Å². The lowest BCUT2D eigenvalue weighted by Crippen LogP contribution is -2.13. The number of anilines is 1. The average molecular weight is 230 g/mol. The van der Waals surface area contributed by atoms with Crippen molar-refractivity contribution in [1.29, 1.82) is 0 Å². The molecule has 0 unspecified atom stereocenters. The molecule has 0 amide bonds. The van der Waals surface area contributed by atoms with Gasteiger partial charge < -0.3 is 10.5 Å². The van der Waals surface area contributed by atoms with Gasteiger partial charge in [-0.15, -0.1) is 0 Å². The summed E-state index contributed by atoms with van der Waals surface area (Å²) in [4.78, 5) is 15.2. The topological polar surface area (TPSA) is 65.2 Å². The summed E-state index contributed by atoms with van der Waals surface area (Å²) in [7, 11) is 0. The van der Waals surface area contributed by atoms with Gasteiger partial charge in [-0.05, 0) is 13.8 Å². The Bertz CT molecular complexity index is 408. The molecular weight excluding hydrogens is 218 g/mol. The molecule has 2 N–H and O–H groups in total. The van der Waals surface area contributed by atoms with Crippen LogP contribution in [0.4, 0.5) is 14.5 Å². The second-order valence-electron chi connectivity index (χ2n) is 3.11. The molecule has 4 nitrogen and oxygen atoms in total. The number of aryl methyl sites for hydroxylation is 1. The van der Waals surface area contributed by atoms with Crippen LogP contribution in [-0.2, 0) is 4.74 Å². The van der Waals surface area contributed by atoms with Crippen LogP contribution in [0.2, 0.25) is 0 Å². The van der Waals surface area contributed by atoms with E-state index < -0.39 is 18.0 Å². The van der Waals surface area contributed by atoms with Crippen molar-refractivity contribution in [2.75, 3.05) is 12.3 Å². The maximum Gasteiger partial charge on any atom is 0.342 e. The highest BCUT2D eigenvalue weighted by Gasteiger charge is 2.21. The van der Waals surface area contributed by atoms with Gasteiger partial charge in [0.1, 0.15) is 5.56 Å². The van der Waals surface area contributed by atoms with E-state index in [1.165, 1.54) is 6.92 Å². The molecule has 0 aliphatic carbocycles. The Morgan fingerprint density at radius 3 is 2.75 bits per heavy atom. The highest BCUT2D eigenvalue weighted by atomic mass is 19.3. The molecule has 16 heavy (non-hydrogen) atoms. The first kappa shape index (κ1) is 12.4. The van der Waals surface area contributed by atoms with Crippen molar-refractivity contribution in [3.63, 3.8) is 0 Å². The van der Waals surface area contributed by atoms with Crippen molar-refractivity contribution in [2.45, 2.75) is 20.3 Å². The first-order chi connectivity index (χ1) is 7.49. The zero-order chi connectivity index (χ0) is 12.3. The first-order valence-electron chi connectivity index (χ1n) is 4.69. The van der Waals surface area contributed by atoms with Gasteiger partial charge in [0.2, 0.25) is 0 Å². The summed E-state index contributed by atoms with van der Waals surface area (Å²) in [5, 5.41) is 0. The van der Waals surface area contributed by atoms with E-state index in [1.54, 1.807) is 6.92 Å². The summed E-state index contributed by atoms with van der Waals surface area (Å²) in [6.45, 7) is 3.28. The number of halogens is 2. The van der Waals surface area contributed by atoms with Crippen molar-refractivity contribution in [3.05, 3.63) is 23.0 Å². The fraction of sp³-hybridized carbons (Fsp3) is 0.400. The number of rotatable bonds is 3. The molecular formula is C10H12F2N2O2. The molecule has 1 heterocycles. The van der Waals surface area contributed by atoms with Crippen LogP contribution >= 0.6 is 0 Å². The van der Waals surface area contributed by atoms with E-state index in [4.69, 9.17) is 10.5 Å². The number of nitrogens with two attached hydrogens (primary N) is 1. The van der Waals surface area contributed by atoms with Gasteiger partial charge in [-0.2, -0.15) is 0 Å². The maximum absolute atomic E-state index is 12.5. The Kier molecular flexibility index (Phi) is 3.76. The Morgan fingerprint density at radius 2 is 2.25 bits per heavy atom. The Hall–Kier alpha value is -1.72. The van der Waals surface area contributed by atoms with Crippen molar-refractivity contribution in [2.24, 2.45) is 0 Å². The van der Waals surface area contributed by atoms with Gasteiger partial charge in [-0.25, -0.2) is 13.6 Å². The third-order valence-electron chi connectivity index (χ3n) is 2.05. The zero-order valence-corrected chi connectivity index (χ0v) is 8.96. The molecule has 88 valence electrons. The number of esters is 1. The predicted molar refractivity (Wildman–Crippen MR) is 54.3 cm³/mol. The number of ether oxygens (including phenoxy) is 1. The van der Waals surface area contributed by atoms with Crippen LogP contribution in [0.15, 0.2) is 6.20 Å². The Balaban J connectivity index is 3.26. The number of hydrogen-bond acceptors (Lipinski definition) is 4. The average Bonchev–Trinajstić information content (AvgIpc) is 2.17. The molecule has 0 saturated heterocycles. The summed E-state index contributed by atoms with van der Waals surface area (Å²) < 4.78 is 29.8. The van der Waals surface area contributed by atoms with E-state index in [0.29, 0.717) is 0 Å². The Morgan fingerprint density at radius 1 is 1.62 bits per heavy atom. The summed E-state index contributed by atoms with van der Waals surface area (Å²) in [5.41, 5.74) is 4.98. The monoisotopic (exact) mass is 230 g/mol. The number of carbonyl (C=O) groups excluding carboxylic acids is 1. The maximum atomic E-state index is 12.5. The molecule has 0 spiro atoms. The number of nitrogens with zero attached hydrogens (tertiary/aromatic N) is 1. The molecule has 0 aliphatic heterocycles. The summed E-state index contributed by atoms with van der Waals surface area (Å²) in [6, 6.07) is 0. The van der Waals surface area contributed by atoms with Crippen LogP contribution < -0.4 is 5.73 Å². The smallest absolute Gasteiger partial charge is 0.342 e. The minimum absolute atomic E-state index is 0.0837. The Labute approximate surface area is 91.4 Å². The van der Waals surface area contributed by atoms with E-state index in [2.05, 4.69) is 4.98 Å². The number of nitrogen functional groups attached to an aromatic ring is 1. The van der Waals surface area contributed by atoms with Crippen LogP contribution in [-0.4, -0.2) is 17.6 Å². The number of alkyl halides is 2. The van der Waals surface area contributed by atoms with Crippen molar-refractivity contribution < 1.29 is 18.3 Å². The quantitative estimate of drug-likeness (QED) is 0.807. The SMILES string of the molecule is CCOC(=O)c1c(C)ncc(C(F)F)c1N. The standard InChI is InChI=1S/C10H12F2N2O2/c1-3-16-10(15)7-5(2)14-4-6(8(7)13)9(11)12/h4,9H,3H2,1-2H3,(H2,13,14). The molecule has 1 rings (SSSR count).